The molecule has 2 aromatic carbocycles. The van der Waals surface area contributed by atoms with Crippen LogP contribution in [0.2, 0.25) is 0 Å². The quantitative estimate of drug-likeness (QED) is 0.659. The fourth-order valence-electron chi connectivity index (χ4n) is 2.73. The first-order chi connectivity index (χ1) is 12.0. The molecule has 0 amide bonds. The highest BCUT2D eigenvalue weighted by Gasteiger charge is 2.22. The summed E-state index contributed by atoms with van der Waals surface area (Å²) < 4.78 is 11.9. The topological polar surface area (TPSA) is 61.4 Å². The van der Waals surface area contributed by atoms with E-state index >= 15 is 0 Å². The number of hydrogen-bond donors (Lipinski definition) is 0. The van der Waals surface area contributed by atoms with Crippen LogP contribution in [0.3, 0.4) is 0 Å². The molecule has 1 aromatic heterocycles. The fraction of sp³-hybridized carbons (Fsp3) is 0.300. The molecule has 0 saturated heterocycles. The molecule has 0 N–H and O–H groups in total. The Morgan fingerprint density at radius 1 is 1.08 bits per heavy atom. The molecule has 1 atom stereocenters. The van der Waals surface area contributed by atoms with Gasteiger partial charge in [-0.2, -0.15) is 0 Å². The van der Waals surface area contributed by atoms with Crippen molar-refractivity contribution in [1.29, 1.82) is 0 Å². The number of aromatic nitrogens is 1. The van der Waals surface area contributed by atoms with E-state index in [1.807, 2.05) is 24.3 Å². The van der Waals surface area contributed by atoms with Crippen LogP contribution in [0, 0.1) is 0 Å². The Labute approximate surface area is 145 Å². The summed E-state index contributed by atoms with van der Waals surface area (Å²) in [6, 6.07) is 14.2. The number of hydrogen-bond acceptors (Lipinski definition) is 4. The van der Waals surface area contributed by atoms with Gasteiger partial charge >= 0.3 is 11.7 Å². The molecule has 130 valence electrons. The van der Waals surface area contributed by atoms with Crippen molar-refractivity contribution in [2.75, 3.05) is 0 Å². The van der Waals surface area contributed by atoms with Gasteiger partial charge in [-0.1, -0.05) is 50.2 Å². The molecule has 0 aliphatic rings. The average Bonchev–Trinajstić information content (AvgIpc) is 2.95. The maximum absolute atomic E-state index is 12.4. The maximum Gasteiger partial charge on any atom is 0.420 e. The SMILES string of the molecule is CC(C)c1ccc(COC(=O)C(C)n2c(=O)oc3ccccc32)cc1. The predicted molar refractivity (Wildman–Crippen MR) is 95.5 cm³/mol. The van der Waals surface area contributed by atoms with Crippen LogP contribution in [-0.4, -0.2) is 10.5 Å². The van der Waals surface area contributed by atoms with Gasteiger partial charge in [0.15, 0.2) is 5.58 Å². The van der Waals surface area contributed by atoms with Gasteiger partial charge in [0.1, 0.15) is 12.6 Å². The second kappa shape index (κ2) is 6.97. The number of nitrogens with zero attached hydrogens (tertiary/aromatic N) is 1. The monoisotopic (exact) mass is 339 g/mol. The summed E-state index contributed by atoms with van der Waals surface area (Å²) in [6.45, 7) is 6.06. The summed E-state index contributed by atoms with van der Waals surface area (Å²) in [7, 11) is 0. The molecule has 0 fully saturated rings. The van der Waals surface area contributed by atoms with E-state index in [9.17, 15) is 9.59 Å². The van der Waals surface area contributed by atoms with Crippen molar-refractivity contribution in [3.63, 3.8) is 0 Å². The highest BCUT2D eigenvalue weighted by molar-refractivity contribution is 5.79. The van der Waals surface area contributed by atoms with Crippen molar-refractivity contribution in [3.8, 4) is 0 Å². The summed E-state index contributed by atoms with van der Waals surface area (Å²) in [5.74, 6) is -0.577. The number of ether oxygens (including phenoxy) is 1. The van der Waals surface area contributed by atoms with E-state index < -0.39 is 17.8 Å². The number of benzene rings is 2. The molecular weight excluding hydrogens is 318 g/mol. The van der Waals surface area contributed by atoms with Gasteiger partial charge in [-0.3, -0.25) is 4.57 Å². The van der Waals surface area contributed by atoms with E-state index in [4.69, 9.17) is 9.15 Å². The molecular formula is C20H21NO4. The fourth-order valence-corrected chi connectivity index (χ4v) is 2.73. The number of fused-ring (bicyclic) bond motifs is 1. The Bertz CT molecular complexity index is 934. The van der Waals surface area contributed by atoms with Crippen LogP contribution in [0.4, 0.5) is 0 Å². The summed E-state index contributed by atoms with van der Waals surface area (Å²) in [5.41, 5.74) is 3.18. The summed E-state index contributed by atoms with van der Waals surface area (Å²) in [5, 5.41) is 0. The minimum atomic E-state index is -0.758. The van der Waals surface area contributed by atoms with Crippen LogP contribution < -0.4 is 5.76 Å². The molecule has 1 unspecified atom stereocenters. The third kappa shape index (κ3) is 3.50. The molecule has 0 spiro atoms. The minimum absolute atomic E-state index is 0.173. The zero-order valence-electron chi connectivity index (χ0n) is 14.6. The van der Waals surface area contributed by atoms with Crippen LogP contribution in [0.15, 0.2) is 57.7 Å². The largest absolute Gasteiger partial charge is 0.459 e. The van der Waals surface area contributed by atoms with Crippen molar-refractivity contribution >= 4 is 17.1 Å². The van der Waals surface area contributed by atoms with Crippen molar-refractivity contribution < 1.29 is 13.9 Å². The zero-order valence-corrected chi connectivity index (χ0v) is 14.6. The summed E-state index contributed by atoms with van der Waals surface area (Å²) in [6.07, 6.45) is 0. The van der Waals surface area contributed by atoms with Crippen LogP contribution in [-0.2, 0) is 16.1 Å². The van der Waals surface area contributed by atoms with Gasteiger partial charge in [0.2, 0.25) is 0 Å². The first kappa shape index (κ1) is 17.0. The van der Waals surface area contributed by atoms with Crippen molar-refractivity contribution in [1.82, 2.24) is 4.57 Å². The van der Waals surface area contributed by atoms with Gasteiger partial charge < -0.3 is 9.15 Å². The number of esters is 1. The van der Waals surface area contributed by atoms with Crippen LogP contribution >= 0.6 is 0 Å². The van der Waals surface area contributed by atoms with E-state index in [-0.39, 0.29) is 6.61 Å². The number of carbonyl (C=O) groups excluding carboxylic acids is 1. The van der Waals surface area contributed by atoms with Crippen LogP contribution in [0.1, 0.15) is 43.9 Å². The third-order valence-corrected chi connectivity index (χ3v) is 4.27. The van der Waals surface area contributed by atoms with Crippen molar-refractivity contribution in [2.24, 2.45) is 0 Å². The summed E-state index contributed by atoms with van der Waals surface area (Å²) in [4.78, 5) is 24.4. The number of carbonyl (C=O) groups is 1. The Kier molecular flexibility index (Phi) is 4.74. The first-order valence-electron chi connectivity index (χ1n) is 8.33. The molecule has 3 rings (SSSR count). The predicted octanol–water partition coefficient (Wildman–Crippen LogP) is 4.02. The third-order valence-electron chi connectivity index (χ3n) is 4.27. The van der Waals surface area contributed by atoms with E-state index in [1.54, 1.807) is 31.2 Å². The Balaban J connectivity index is 1.72. The lowest BCUT2D eigenvalue weighted by Crippen LogP contribution is -2.26. The minimum Gasteiger partial charge on any atom is -0.459 e. The Morgan fingerprint density at radius 3 is 2.44 bits per heavy atom. The molecule has 0 radical (unpaired) electrons. The highest BCUT2D eigenvalue weighted by atomic mass is 16.5. The van der Waals surface area contributed by atoms with Crippen molar-refractivity contribution in [3.05, 3.63) is 70.2 Å². The van der Waals surface area contributed by atoms with Crippen molar-refractivity contribution in [2.45, 2.75) is 39.3 Å². The molecule has 0 bridgehead atoms. The smallest absolute Gasteiger partial charge is 0.420 e. The van der Waals surface area contributed by atoms with Crippen LogP contribution in [0.5, 0.6) is 0 Å². The van der Waals surface area contributed by atoms with Gasteiger partial charge in [0.25, 0.3) is 0 Å². The van der Waals surface area contributed by atoms with Gasteiger partial charge in [-0.05, 0) is 36.1 Å². The van der Waals surface area contributed by atoms with Crippen LogP contribution in [0.25, 0.3) is 11.1 Å². The lowest BCUT2D eigenvalue weighted by molar-refractivity contribution is -0.148. The highest BCUT2D eigenvalue weighted by Crippen LogP contribution is 2.19. The van der Waals surface area contributed by atoms with Gasteiger partial charge in [0.05, 0.1) is 5.52 Å². The van der Waals surface area contributed by atoms with E-state index in [0.29, 0.717) is 17.0 Å². The lowest BCUT2D eigenvalue weighted by Gasteiger charge is -2.13. The molecule has 0 aliphatic carbocycles. The molecule has 5 heteroatoms. The molecule has 0 aliphatic heterocycles. The Hall–Kier alpha value is -2.82. The maximum atomic E-state index is 12.4. The molecule has 5 nitrogen and oxygen atoms in total. The lowest BCUT2D eigenvalue weighted by atomic mass is 10.0. The average molecular weight is 339 g/mol. The van der Waals surface area contributed by atoms with E-state index in [0.717, 1.165) is 5.56 Å². The summed E-state index contributed by atoms with van der Waals surface area (Å²) >= 11 is 0. The number of para-hydroxylation sites is 2. The standard InChI is InChI=1S/C20H21NO4/c1-13(2)16-10-8-15(9-11-16)12-24-19(22)14(3)21-17-6-4-5-7-18(17)25-20(21)23/h4-11,13-14H,12H2,1-3H3. The molecule has 3 aromatic rings. The first-order valence-corrected chi connectivity index (χ1v) is 8.33. The van der Waals surface area contributed by atoms with Gasteiger partial charge in [0, 0.05) is 0 Å². The normalized spacial score (nSPS) is 12.5. The Morgan fingerprint density at radius 2 is 1.76 bits per heavy atom. The second-order valence-corrected chi connectivity index (χ2v) is 6.39. The van der Waals surface area contributed by atoms with E-state index in [1.165, 1.54) is 10.1 Å². The van der Waals surface area contributed by atoms with Gasteiger partial charge in [-0.15, -0.1) is 0 Å². The zero-order chi connectivity index (χ0) is 18.0. The number of rotatable bonds is 5. The molecule has 1 heterocycles. The second-order valence-electron chi connectivity index (χ2n) is 6.39. The van der Waals surface area contributed by atoms with E-state index in [2.05, 4.69) is 13.8 Å². The number of oxazole rings is 1. The van der Waals surface area contributed by atoms with Gasteiger partial charge in [-0.25, -0.2) is 9.59 Å². The molecule has 25 heavy (non-hydrogen) atoms. The molecule has 0 saturated carbocycles.